The Hall–Kier alpha value is -2.82. The molecule has 0 N–H and O–H groups in total. The molecule has 1 aliphatic heterocycles. The van der Waals surface area contributed by atoms with Crippen molar-refractivity contribution in [1.82, 2.24) is 9.47 Å². The Balaban J connectivity index is 1.36. The number of thiocarbonyl (C=S) groups is 1. The third-order valence-corrected chi connectivity index (χ3v) is 6.58. The van der Waals surface area contributed by atoms with Gasteiger partial charge in [0.15, 0.2) is 0 Å². The predicted octanol–water partition coefficient (Wildman–Crippen LogP) is 6.11. The van der Waals surface area contributed by atoms with Gasteiger partial charge < -0.3 is 14.2 Å². The molecule has 5 rings (SSSR count). The van der Waals surface area contributed by atoms with Crippen LogP contribution in [-0.4, -0.2) is 27.6 Å². The van der Waals surface area contributed by atoms with Crippen molar-refractivity contribution in [3.05, 3.63) is 101 Å². The van der Waals surface area contributed by atoms with E-state index in [1.54, 1.807) is 0 Å². The molecule has 0 unspecified atom stereocenters. The number of fused-ring (bicyclic) bond motifs is 2. The molecule has 156 valence electrons. The summed E-state index contributed by atoms with van der Waals surface area (Å²) < 4.78 is 8.16. The summed E-state index contributed by atoms with van der Waals surface area (Å²) in [5.41, 5.74) is 5.10. The molecule has 1 aliphatic rings. The van der Waals surface area contributed by atoms with Gasteiger partial charge in [0.25, 0.3) is 0 Å². The third kappa shape index (κ3) is 4.18. The van der Waals surface area contributed by atoms with Crippen molar-refractivity contribution >= 4 is 39.7 Å². The SMILES string of the molecule is S=C(c1cn(CCOc2ccc(Cl)cc2)c2ccccc12)N1CCc2ccccc2C1. The third-order valence-electron chi connectivity index (χ3n) is 5.85. The molecule has 1 aromatic heterocycles. The Morgan fingerprint density at radius 1 is 0.935 bits per heavy atom. The van der Waals surface area contributed by atoms with Crippen LogP contribution >= 0.6 is 23.8 Å². The van der Waals surface area contributed by atoms with Gasteiger partial charge in [0.2, 0.25) is 0 Å². The minimum absolute atomic E-state index is 0.573. The lowest BCUT2D eigenvalue weighted by molar-refractivity contribution is 0.300. The number of halogens is 1. The van der Waals surface area contributed by atoms with E-state index >= 15 is 0 Å². The summed E-state index contributed by atoms with van der Waals surface area (Å²) in [6, 6.07) is 24.6. The predicted molar refractivity (Wildman–Crippen MR) is 131 cm³/mol. The van der Waals surface area contributed by atoms with E-state index < -0.39 is 0 Å². The van der Waals surface area contributed by atoms with Crippen molar-refractivity contribution in [2.45, 2.75) is 19.5 Å². The highest BCUT2D eigenvalue weighted by molar-refractivity contribution is 7.80. The van der Waals surface area contributed by atoms with Gasteiger partial charge in [0, 0.05) is 40.8 Å². The molecule has 4 aromatic rings. The lowest BCUT2D eigenvalue weighted by atomic mass is 9.99. The topological polar surface area (TPSA) is 17.4 Å². The molecule has 3 aromatic carbocycles. The Kier molecular flexibility index (Phi) is 5.66. The molecule has 2 heterocycles. The van der Waals surface area contributed by atoms with Gasteiger partial charge in [0.1, 0.15) is 17.3 Å². The van der Waals surface area contributed by atoms with Crippen LogP contribution in [0.1, 0.15) is 16.7 Å². The van der Waals surface area contributed by atoms with Gasteiger partial charge in [-0.05, 0) is 47.9 Å². The lowest BCUT2D eigenvalue weighted by Crippen LogP contribution is -2.35. The second-order valence-corrected chi connectivity index (χ2v) is 8.62. The second kappa shape index (κ2) is 8.74. The Labute approximate surface area is 192 Å². The van der Waals surface area contributed by atoms with Crippen molar-refractivity contribution in [1.29, 1.82) is 0 Å². The number of hydrogen-bond acceptors (Lipinski definition) is 2. The maximum absolute atomic E-state index is 5.98. The minimum Gasteiger partial charge on any atom is -0.492 e. The summed E-state index contributed by atoms with van der Waals surface area (Å²) in [4.78, 5) is 3.25. The number of benzene rings is 3. The van der Waals surface area contributed by atoms with E-state index in [9.17, 15) is 0 Å². The average Bonchev–Trinajstić information content (AvgIpc) is 3.18. The summed E-state index contributed by atoms with van der Waals surface area (Å²) in [5.74, 6) is 0.823. The summed E-state index contributed by atoms with van der Waals surface area (Å²) in [6.45, 7) is 3.14. The van der Waals surface area contributed by atoms with Crippen LogP contribution in [0.25, 0.3) is 10.9 Å². The average molecular weight is 447 g/mol. The fourth-order valence-corrected chi connectivity index (χ4v) is 4.68. The van der Waals surface area contributed by atoms with E-state index in [2.05, 4.69) is 64.2 Å². The van der Waals surface area contributed by atoms with Crippen molar-refractivity contribution in [2.24, 2.45) is 0 Å². The van der Waals surface area contributed by atoms with Crippen molar-refractivity contribution < 1.29 is 4.74 Å². The summed E-state index contributed by atoms with van der Waals surface area (Å²) >= 11 is 11.9. The van der Waals surface area contributed by atoms with Crippen molar-refractivity contribution in [3.63, 3.8) is 0 Å². The smallest absolute Gasteiger partial charge is 0.119 e. The Bertz CT molecular complexity index is 1230. The second-order valence-electron chi connectivity index (χ2n) is 7.80. The maximum Gasteiger partial charge on any atom is 0.119 e. The summed E-state index contributed by atoms with van der Waals surface area (Å²) in [7, 11) is 0. The lowest BCUT2D eigenvalue weighted by Gasteiger charge is -2.30. The number of rotatable bonds is 5. The van der Waals surface area contributed by atoms with Gasteiger partial charge >= 0.3 is 0 Å². The molecule has 0 fully saturated rings. The molecule has 0 saturated heterocycles. The molecule has 5 heteroatoms. The van der Waals surface area contributed by atoms with Crippen molar-refractivity contribution in [3.8, 4) is 5.75 Å². The van der Waals surface area contributed by atoms with Crippen LogP contribution < -0.4 is 4.74 Å². The molecule has 0 radical (unpaired) electrons. The minimum atomic E-state index is 0.573. The zero-order chi connectivity index (χ0) is 21.2. The van der Waals surface area contributed by atoms with E-state index in [1.807, 2.05) is 24.3 Å². The van der Waals surface area contributed by atoms with Crippen LogP contribution in [0.15, 0.2) is 79.0 Å². The largest absolute Gasteiger partial charge is 0.492 e. The molecule has 0 spiro atoms. The molecule has 0 saturated carbocycles. The van der Waals surface area contributed by atoms with Crippen LogP contribution in [0.2, 0.25) is 5.02 Å². The number of nitrogens with zero attached hydrogens (tertiary/aromatic N) is 2. The zero-order valence-electron chi connectivity index (χ0n) is 17.1. The molecule has 0 aliphatic carbocycles. The van der Waals surface area contributed by atoms with E-state index in [0.29, 0.717) is 11.6 Å². The number of aromatic nitrogens is 1. The van der Waals surface area contributed by atoms with Crippen LogP contribution in [-0.2, 0) is 19.5 Å². The van der Waals surface area contributed by atoms with E-state index in [0.717, 1.165) is 42.4 Å². The first kappa shape index (κ1) is 20.1. The normalized spacial score (nSPS) is 13.3. The number of ether oxygens (including phenoxy) is 1. The quantitative estimate of drug-likeness (QED) is 0.344. The van der Waals surface area contributed by atoms with E-state index in [4.69, 9.17) is 28.6 Å². The monoisotopic (exact) mass is 446 g/mol. The summed E-state index contributed by atoms with van der Waals surface area (Å²) in [5, 5.41) is 1.90. The van der Waals surface area contributed by atoms with E-state index in [-0.39, 0.29) is 0 Å². The highest BCUT2D eigenvalue weighted by Crippen LogP contribution is 2.26. The standard InChI is InChI=1S/C26H23ClN2OS/c27-21-9-11-22(12-10-21)30-16-15-28-18-24(23-7-3-4-8-25(23)28)26(31)29-14-13-19-5-1-2-6-20(19)17-29/h1-12,18H,13-17H2. The van der Waals surface area contributed by atoms with Gasteiger partial charge in [-0.3, -0.25) is 0 Å². The fourth-order valence-electron chi connectivity index (χ4n) is 4.23. The fraction of sp³-hybridized carbons (Fsp3) is 0.192. The molecule has 3 nitrogen and oxygen atoms in total. The van der Waals surface area contributed by atoms with E-state index in [1.165, 1.54) is 22.0 Å². The number of para-hydroxylation sites is 1. The highest BCUT2D eigenvalue weighted by Gasteiger charge is 2.21. The first-order valence-corrected chi connectivity index (χ1v) is 11.3. The van der Waals surface area contributed by atoms with Gasteiger partial charge in [-0.1, -0.05) is 66.3 Å². The van der Waals surface area contributed by atoms with Crippen LogP contribution in [0.5, 0.6) is 5.75 Å². The maximum atomic E-state index is 5.98. The van der Waals surface area contributed by atoms with Gasteiger partial charge in [-0.25, -0.2) is 0 Å². The Morgan fingerprint density at radius 3 is 2.52 bits per heavy atom. The van der Waals surface area contributed by atoms with Gasteiger partial charge in [-0.2, -0.15) is 0 Å². The molecule has 0 bridgehead atoms. The van der Waals surface area contributed by atoms with Crippen LogP contribution in [0.4, 0.5) is 0 Å². The molecule has 0 amide bonds. The first-order valence-electron chi connectivity index (χ1n) is 10.5. The molecular formula is C26H23ClN2OS. The zero-order valence-corrected chi connectivity index (χ0v) is 18.7. The number of hydrogen-bond donors (Lipinski definition) is 0. The summed E-state index contributed by atoms with van der Waals surface area (Å²) in [6.07, 6.45) is 3.21. The Morgan fingerprint density at radius 2 is 1.68 bits per heavy atom. The molecule has 0 atom stereocenters. The van der Waals surface area contributed by atoms with Gasteiger partial charge in [0.05, 0.1) is 6.54 Å². The van der Waals surface area contributed by atoms with Crippen LogP contribution in [0, 0.1) is 0 Å². The highest BCUT2D eigenvalue weighted by atomic mass is 35.5. The van der Waals surface area contributed by atoms with Crippen LogP contribution in [0.3, 0.4) is 0 Å². The van der Waals surface area contributed by atoms with Gasteiger partial charge in [-0.15, -0.1) is 0 Å². The molecular weight excluding hydrogens is 424 g/mol. The van der Waals surface area contributed by atoms with Crippen molar-refractivity contribution in [2.75, 3.05) is 13.2 Å². The first-order chi connectivity index (χ1) is 15.2. The molecule has 31 heavy (non-hydrogen) atoms.